The number of aromatic nitrogens is 2. The molecule has 2 heterocycles. The summed E-state index contributed by atoms with van der Waals surface area (Å²) in [4.78, 5) is 59.3. The highest BCUT2D eigenvalue weighted by molar-refractivity contribution is 5.67. The zero-order valence-corrected chi connectivity index (χ0v) is 15.2. The molecule has 28 heavy (non-hydrogen) atoms. The van der Waals surface area contributed by atoms with Crippen LogP contribution in [0.25, 0.3) is 0 Å². The van der Waals surface area contributed by atoms with Gasteiger partial charge in [0.25, 0.3) is 5.56 Å². The van der Waals surface area contributed by atoms with Crippen LogP contribution in [-0.4, -0.2) is 58.5 Å². The average molecular weight is 402 g/mol. The summed E-state index contributed by atoms with van der Waals surface area (Å²) in [6.45, 7) is 2.68. The van der Waals surface area contributed by atoms with Crippen LogP contribution in [0.5, 0.6) is 0 Å². The van der Waals surface area contributed by atoms with Crippen molar-refractivity contribution in [1.82, 2.24) is 9.55 Å². The summed E-state index contributed by atoms with van der Waals surface area (Å²) < 4.78 is 36.3. The summed E-state index contributed by atoms with van der Waals surface area (Å²) in [5.74, 6) is -2.41. The number of esters is 3. The molecule has 1 aliphatic heterocycles. The van der Waals surface area contributed by atoms with E-state index in [1.54, 1.807) is 0 Å². The summed E-state index contributed by atoms with van der Waals surface area (Å²) in [6, 6.07) is 0.988. The maximum absolute atomic E-state index is 15.2. The number of H-pyrrole nitrogens is 1. The number of rotatable bonds is 5. The van der Waals surface area contributed by atoms with Crippen molar-refractivity contribution >= 4 is 17.9 Å². The lowest BCUT2D eigenvalue weighted by molar-refractivity contribution is -0.252. The molecule has 0 unspecified atom stereocenters. The van der Waals surface area contributed by atoms with Crippen LogP contribution in [0.4, 0.5) is 4.39 Å². The van der Waals surface area contributed by atoms with Crippen molar-refractivity contribution < 1.29 is 37.7 Å². The quantitative estimate of drug-likeness (QED) is 0.494. The summed E-state index contributed by atoms with van der Waals surface area (Å²) in [5, 5.41) is 0. The maximum atomic E-state index is 15.2. The van der Waals surface area contributed by atoms with Gasteiger partial charge in [-0.05, 0) is 0 Å². The van der Waals surface area contributed by atoms with Gasteiger partial charge in [-0.2, -0.15) is 0 Å². The molecule has 1 aliphatic rings. The molecule has 1 aromatic heterocycles. The molecular weight excluding hydrogens is 383 g/mol. The Morgan fingerprint density at radius 2 is 1.71 bits per heavy atom. The van der Waals surface area contributed by atoms with Crippen LogP contribution in [-0.2, 0) is 33.3 Å². The predicted octanol–water partition coefficient (Wildman–Crippen LogP) is -0.801. The molecule has 1 saturated heterocycles. The fourth-order valence-electron chi connectivity index (χ4n) is 2.72. The highest BCUT2D eigenvalue weighted by atomic mass is 19.1. The van der Waals surface area contributed by atoms with Crippen molar-refractivity contribution in [1.29, 1.82) is 0 Å². The number of ether oxygens (including phenoxy) is 4. The van der Waals surface area contributed by atoms with E-state index >= 15 is 4.39 Å². The van der Waals surface area contributed by atoms with Gasteiger partial charge in [-0.25, -0.2) is 9.18 Å². The van der Waals surface area contributed by atoms with Crippen LogP contribution in [0.15, 0.2) is 21.9 Å². The minimum atomic E-state index is -2.12. The smallest absolute Gasteiger partial charge is 0.330 e. The molecule has 0 radical (unpaired) electrons. The summed E-state index contributed by atoms with van der Waals surface area (Å²) >= 11 is 0. The molecule has 1 aromatic rings. The number of nitrogens with zero attached hydrogens (tertiary/aromatic N) is 1. The third kappa shape index (κ3) is 5.03. The number of halogens is 1. The number of carbonyl (C=O) groups is 3. The van der Waals surface area contributed by atoms with Gasteiger partial charge < -0.3 is 18.9 Å². The molecule has 0 bridgehead atoms. The molecule has 11 nitrogen and oxygen atoms in total. The van der Waals surface area contributed by atoms with Gasteiger partial charge in [-0.1, -0.05) is 0 Å². The van der Waals surface area contributed by atoms with Crippen LogP contribution < -0.4 is 11.2 Å². The zero-order chi connectivity index (χ0) is 21.0. The SMILES string of the molecule is CC(=O)OC[C@H]1O[C@@H](n2ccc(=O)[nH]c2=O)[C@H](OC(C)=O)[C@@H](F)[C@@H]1OC(C)=O. The molecule has 0 spiro atoms. The summed E-state index contributed by atoms with van der Waals surface area (Å²) in [5.41, 5.74) is -1.65. The minimum absolute atomic E-state index is 0.491. The van der Waals surface area contributed by atoms with E-state index in [4.69, 9.17) is 18.9 Å². The fourth-order valence-corrected chi connectivity index (χ4v) is 2.72. The van der Waals surface area contributed by atoms with E-state index in [-0.39, 0.29) is 0 Å². The van der Waals surface area contributed by atoms with E-state index in [1.165, 1.54) is 0 Å². The Balaban J connectivity index is 2.46. The largest absolute Gasteiger partial charge is 0.463 e. The predicted molar refractivity (Wildman–Crippen MR) is 87.9 cm³/mol. The van der Waals surface area contributed by atoms with Gasteiger partial charge in [0, 0.05) is 33.0 Å². The van der Waals surface area contributed by atoms with Gasteiger partial charge >= 0.3 is 23.6 Å². The Kier molecular flexibility index (Phi) is 6.67. The molecule has 1 N–H and O–H groups in total. The van der Waals surface area contributed by atoms with E-state index in [2.05, 4.69) is 0 Å². The van der Waals surface area contributed by atoms with Crippen molar-refractivity contribution in [2.75, 3.05) is 6.61 Å². The first kappa shape index (κ1) is 21.3. The van der Waals surface area contributed by atoms with Crippen LogP contribution in [0.1, 0.15) is 27.0 Å². The van der Waals surface area contributed by atoms with Crippen LogP contribution in [0, 0.1) is 0 Å². The van der Waals surface area contributed by atoms with Gasteiger partial charge in [-0.3, -0.25) is 28.7 Å². The Morgan fingerprint density at radius 3 is 2.25 bits per heavy atom. The normalized spacial score (nSPS) is 26.9. The second kappa shape index (κ2) is 8.78. The first-order valence-electron chi connectivity index (χ1n) is 8.19. The Labute approximate surface area is 157 Å². The number of aromatic amines is 1. The molecule has 5 atom stereocenters. The molecular formula is C16H19FN2O9. The van der Waals surface area contributed by atoms with Gasteiger partial charge in [-0.15, -0.1) is 0 Å². The number of hydrogen-bond donors (Lipinski definition) is 1. The molecule has 12 heteroatoms. The minimum Gasteiger partial charge on any atom is -0.463 e. The Bertz CT molecular complexity index is 862. The highest BCUT2D eigenvalue weighted by Gasteiger charge is 2.51. The summed E-state index contributed by atoms with van der Waals surface area (Å²) in [6.07, 6.45) is -7.17. The third-order valence-electron chi connectivity index (χ3n) is 3.77. The molecule has 0 aromatic carbocycles. The van der Waals surface area contributed by atoms with Crippen molar-refractivity contribution in [2.24, 2.45) is 0 Å². The van der Waals surface area contributed by atoms with E-state index < -0.39 is 66.5 Å². The number of hydrogen-bond acceptors (Lipinski definition) is 9. The van der Waals surface area contributed by atoms with Crippen molar-refractivity contribution in [3.05, 3.63) is 33.1 Å². The molecule has 1 fully saturated rings. The lowest BCUT2D eigenvalue weighted by Gasteiger charge is -2.42. The topological polar surface area (TPSA) is 143 Å². The number of carbonyl (C=O) groups excluding carboxylic acids is 3. The lowest BCUT2D eigenvalue weighted by atomic mass is 9.98. The van der Waals surface area contributed by atoms with Crippen LogP contribution in [0.3, 0.4) is 0 Å². The monoisotopic (exact) mass is 402 g/mol. The van der Waals surface area contributed by atoms with Gasteiger partial charge in [0.15, 0.2) is 24.6 Å². The second-order valence-corrected chi connectivity index (χ2v) is 5.98. The second-order valence-electron chi connectivity index (χ2n) is 5.98. The maximum Gasteiger partial charge on any atom is 0.330 e. The van der Waals surface area contributed by atoms with Gasteiger partial charge in [0.05, 0.1) is 0 Å². The van der Waals surface area contributed by atoms with Gasteiger partial charge in [0.1, 0.15) is 12.7 Å². The first-order valence-corrected chi connectivity index (χ1v) is 8.19. The van der Waals surface area contributed by atoms with Gasteiger partial charge in [0.2, 0.25) is 0 Å². The fraction of sp³-hybridized carbons (Fsp3) is 0.562. The number of alkyl halides is 1. The molecule has 154 valence electrons. The van der Waals surface area contributed by atoms with E-state index in [1.807, 2.05) is 4.98 Å². The van der Waals surface area contributed by atoms with Crippen molar-refractivity contribution in [3.8, 4) is 0 Å². The highest BCUT2D eigenvalue weighted by Crippen LogP contribution is 2.33. The lowest BCUT2D eigenvalue weighted by Crippen LogP contribution is -2.59. The van der Waals surface area contributed by atoms with Crippen LogP contribution >= 0.6 is 0 Å². The Morgan fingerprint density at radius 1 is 1.11 bits per heavy atom. The van der Waals surface area contributed by atoms with Crippen molar-refractivity contribution in [2.45, 2.75) is 51.5 Å². The van der Waals surface area contributed by atoms with E-state index in [9.17, 15) is 24.0 Å². The Hall–Kier alpha value is -3.02. The average Bonchev–Trinajstić information content (AvgIpc) is 2.57. The van der Waals surface area contributed by atoms with Crippen molar-refractivity contribution in [3.63, 3.8) is 0 Å². The number of nitrogens with one attached hydrogen (secondary N) is 1. The van der Waals surface area contributed by atoms with E-state index in [0.717, 1.165) is 37.6 Å². The zero-order valence-electron chi connectivity index (χ0n) is 15.2. The van der Waals surface area contributed by atoms with E-state index in [0.29, 0.717) is 0 Å². The first-order chi connectivity index (χ1) is 13.1. The molecule has 2 rings (SSSR count). The van der Waals surface area contributed by atoms with Crippen LogP contribution in [0.2, 0.25) is 0 Å². The standard InChI is InChI=1S/C16H19FN2O9/c1-7(20)25-6-10-13(26-8(2)21)12(17)14(27-9(3)22)15(28-10)19-5-4-11(23)18-16(19)24/h4-5,10,12-15H,6H2,1-3H3,(H,18,23,24)/t10-,12+,13-,14-,15-/m1/s1. The third-order valence-corrected chi connectivity index (χ3v) is 3.77. The molecule has 0 saturated carbocycles. The molecule has 0 amide bonds. The summed E-state index contributed by atoms with van der Waals surface area (Å²) in [7, 11) is 0. The molecule has 0 aliphatic carbocycles.